The molecule has 0 fully saturated rings. The lowest BCUT2D eigenvalue weighted by atomic mass is 10.2. The topological polar surface area (TPSA) is 125 Å². The summed E-state index contributed by atoms with van der Waals surface area (Å²) in [6.07, 6.45) is 0.437. The standard InChI is InChI=1S/C12H19N3O4S/c1-19-7-6-11(13)12(16)15-8-9-2-4-10(5-3-9)20(14,17)18/h2-5,11H,6-8,13H2,1H3,(H,15,16)(H2,14,17,18). The second-order valence-electron chi connectivity index (χ2n) is 4.29. The van der Waals surface area contributed by atoms with Crippen LogP contribution in [0.1, 0.15) is 12.0 Å². The van der Waals surface area contributed by atoms with Gasteiger partial charge in [-0.1, -0.05) is 12.1 Å². The number of carbonyl (C=O) groups excluding carboxylic acids is 1. The highest BCUT2D eigenvalue weighted by Gasteiger charge is 2.12. The Kier molecular flexibility index (Phi) is 6.08. The number of sulfonamides is 1. The van der Waals surface area contributed by atoms with Gasteiger partial charge in [-0.05, 0) is 24.1 Å². The Morgan fingerprint density at radius 1 is 1.35 bits per heavy atom. The number of nitrogens with one attached hydrogen (secondary N) is 1. The lowest BCUT2D eigenvalue weighted by Crippen LogP contribution is -2.40. The molecule has 1 aromatic carbocycles. The predicted octanol–water partition coefficient (Wildman–Crippen LogP) is -0.686. The van der Waals surface area contributed by atoms with Crippen LogP contribution in [0.15, 0.2) is 29.2 Å². The van der Waals surface area contributed by atoms with E-state index in [1.54, 1.807) is 12.1 Å². The normalized spacial score (nSPS) is 12.9. The number of rotatable bonds is 7. The summed E-state index contributed by atoms with van der Waals surface area (Å²) in [5.41, 5.74) is 6.42. The number of hydrogen-bond acceptors (Lipinski definition) is 5. The molecule has 8 heteroatoms. The summed E-state index contributed by atoms with van der Waals surface area (Å²) < 4.78 is 27.0. The number of benzene rings is 1. The third-order valence-electron chi connectivity index (χ3n) is 2.69. The minimum Gasteiger partial charge on any atom is -0.385 e. The molecule has 1 aromatic rings. The molecule has 0 aromatic heterocycles. The minimum atomic E-state index is -3.70. The molecule has 1 unspecified atom stereocenters. The fraction of sp³-hybridized carbons (Fsp3) is 0.417. The molecule has 20 heavy (non-hydrogen) atoms. The Balaban J connectivity index is 2.52. The van der Waals surface area contributed by atoms with E-state index in [2.05, 4.69) is 5.32 Å². The number of carbonyl (C=O) groups is 1. The molecule has 7 nitrogen and oxygen atoms in total. The Morgan fingerprint density at radius 3 is 2.45 bits per heavy atom. The van der Waals surface area contributed by atoms with Crippen LogP contribution in [0.25, 0.3) is 0 Å². The summed E-state index contributed by atoms with van der Waals surface area (Å²) in [4.78, 5) is 11.7. The van der Waals surface area contributed by atoms with Crippen molar-refractivity contribution in [3.8, 4) is 0 Å². The molecule has 0 saturated heterocycles. The SMILES string of the molecule is COCCC(N)C(=O)NCc1ccc(S(N)(=O)=O)cc1. The van der Waals surface area contributed by atoms with Crippen LogP contribution in [0.3, 0.4) is 0 Å². The largest absolute Gasteiger partial charge is 0.385 e. The number of primary sulfonamides is 1. The lowest BCUT2D eigenvalue weighted by molar-refractivity contribution is -0.122. The van der Waals surface area contributed by atoms with Crippen LogP contribution in [0.5, 0.6) is 0 Å². The van der Waals surface area contributed by atoms with E-state index in [9.17, 15) is 13.2 Å². The van der Waals surface area contributed by atoms with Crippen LogP contribution in [0, 0.1) is 0 Å². The van der Waals surface area contributed by atoms with Crippen LogP contribution in [-0.2, 0) is 26.1 Å². The first-order valence-corrected chi connectivity index (χ1v) is 7.53. The molecule has 0 radical (unpaired) electrons. The first kappa shape index (κ1) is 16.6. The van der Waals surface area contributed by atoms with Crippen molar-refractivity contribution in [1.82, 2.24) is 5.32 Å². The quantitative estimate of drug-likeness (QED) is 0.615. The first-order chi connectivity index (χ1) is 9.34. The lowest BCUT2D eigenvalue weighted by Gasteiger charge is -2.11. The zero-order chi connectivity index (χ0) is 15.2. The Labute approximate surface area is 118 Å². The van der Waals surface area contributed by atoms with Gasteiger partial charge in [-0.25, -0.2) is 13.6 Å². The van der Waals surface area contributed by atoms with Crippen molar-refractivity contribution < 1.29 is 17.9 Å². The van der Waals surface area contributed by atoms with Crippen LogP contribution in [0.4, 0.5) is 0 Å². The molecule has 1 rings (SSSR count). The maximum Gasteiger partial charge on any atom is 0.238 e. The van der Waals surface area contributed by atoms with E-state index >= 15 is 0 Å². The number of hydrogen-bond donors (Lipinski definition) is 3. The molecular weight excluding hydrogens is 282 g/mol. The molecule has 0 aliphatic rings. The fourth-order valence-corrected chi connectivity index (χ4v) is 2.01. The molecule has 0 bridgehead atoms. The highest BCUT2D eigenvalue weighted by Crippen LogP contribution is 2.08. The smallest absolute Gasteiger partial charge is 0.238 e. The first-order valence-electron chi connectivity index (χ1n) is 5.98. The molecule has 0 aliphatic heterocycles. The molecule has 0 saturated carbocycles. The van der Waals surface area contributed by atoms with E-state index in [1.807, 2.05) is 0 Å². The van der Waals surface area contributed by atoms with Gasteiger partial charge in [0.05, 0.1) is 10.9 Å². The zero-order valence-corrected chi connectivity index (χ0v) is 12.0. The van der Waals surface area contributed by atoms with Gasteiger partial charge in [-0.2, -0.15) is 0 Å². The van der Waals surface area contributed by atoms with Gasteiger partial charge >= 0.3 is 0 Å². The summed E-state index contributed by atoms with van der Waals surface area (Å²) in [6.45, 7) is 0.683. The van der Waals surface area contributed by atoms with Crippen molar-refractivity contribution in [3.05, 3.63) is 29.8 Å². The van der Waals surface area contributed by atoms with Gasteiger partial charge in [0.15, 0.2) is 0 Å². The summed E-state index contributed by atoms with van der Waals surface area (Å²) in [6, 6.07) is 5.32. The molecule has 0 aliphatic carbocycles. The second kappa shape index (κ2) is 7.34. The Hall–Kier alpha value is -1.48. The van der Waals surface area contributed by atoms with Crippen LogP contribution in [-0.4, -0.2) is 34.1 Å². The Morgan fingerprint density at radius 2 is 1.95 bits per heavy atom. The van der Waals surface area contributed by atoms with Crippen molar-refractivity contribution >= 4 is 15.9 Å². The average Bonchev–Trinajstić information content (AvgIpc) is 2.41. The Bertz CT molecular complexity index is 542. The fourth-order valence-electron chi connectivity index (χ4n) is 1.49. The van der Waals surface area contributed by atoms with Crippen molar-refractivity contribution in [2.75, 3.05) is 13.7 Å². The van der Waals surface area contributed by atoms with E-state index in [0.717, 1.165) is 5.56 Å². The van der Waals surface area contributed by atoms with Crippen molar-refractivity contribution in [2.24, 2.45) is 10.9 Å². The number of methoxy groups -OCH3 is 1. The molecule has 112 valence electrons. The summed E-state index contributed by atoms with van der Waals surface area (Å²) in [5, 5.41) is 7.65. The van der Waals surface area contributed by atoms with Gasteiger partial charge in [-0.3, -0.25) is 4.79 Å². The molecule has 5 N–H and O–H groups in total. The second-order valence-corrected chi connectivity index (χ2v) is 5.86. The highest BCUT2D eigenvalue weighted by molar-refractivity contribution is 7.89. The van der Waals surface area contributed by atoms with Crippen molar-refractivity contribution in [1.29, 1.82) is 0 Å². The van der Waals surface area contributed by atoms with E-state index in [1.165, 1.54) is 19.2 Å². The van der Waals surface area contributed by atoms with Gasteiger partial charge in [0.2, 0.25) is 15.9 Å². The summed E-state index contributed by atoms with van der Waals surface area (Å²) >= 11 is 0. The number of amides is 1. The monoisotopic (exact) mass is 301 g/mol. The van der Waals surface area contributed by atoms with Gasteiger partial charge in [0.25, 0.3) is 0 Å². The number of ether oxygens (including phenoxy) is 1. The average molecular weight is 301 g/mol. The maximum absolute atomic E-state index is 11.6. The zero-order valence-electron chi connectivity index (χ0n) is 11.2. The van der Waals surface area contributed by atoms with Gasteiger partial charge in [0.1, 0.15) is 0 Å². The van der Waals surface area contributed by atoms with Crippen LogP contribution >= 0.6 is 0 Å². The molecule has 1 amide bonds. The van der Waals surface area contributed by atoms with Crippen LogP contribution in [0.2, 0.25) is 0 Å². The summed E-state index contributed by atoms with van der Waals surface area (Å²) in [5.74, 6) is -0.280. The molecule has 1 atom stereocenters. The molecule has 0 spiro atoms. The van der Waals surface area contributed by atoms with Crippen molar-refractivity contribution in [2.45, 2.75) is 23.9 Å². The van der Waals surface area contributed by atoms with E-state index in [0.29, 0.717) is 13.0 Å². The van der Waals surface area contributed by atoms with Crippen molar-refractivity contribution in [3.63, 3.8) is 0 Å². The summed E-state index contributed by atoms with van der Waals surface area (Å²) in [7, 11) is -2.16. The third kappa shape index (κ3) is 5.25. The maximum atomic E-state index is 11.6. The van der Waals surface area contributed by atoms with E-state index < -0.39 is 16.1 Å². The van der Waals surface area contributed by atoms with Gasteiger partial charge < -0.3 is 15.8 Å². The third-order valence-corrected chi connectivity index (χ3v) is 3.62. The number of nitrogens with two attached hydrogens (primary N) is 2. The van der Waals surface area contributed by atoms with Gasteiger partial charge in [-0.15, -0.1) is 0 Å². The van der Waals surface area contributed by atoms with Gasteiger partial charge in [0, 0.05) is 20.3 Å². The predicted molar refractivity (Wildman–Crippen MR) is 74.1 cm³/mol. The van der Waals surface area contributed by atoms with E-state index in [-0.39, 0.29) is 17.3 Å². The minimum absolute atomic E-state index is 0.0318. The highest BCUT2D eigenvalue weighted by atomic mass is 32.2. The van der Waals surface area contributed by atoms with Crippen LogP contribution < -0.4 is 16.2 Å². The molecule has 0 heterocycles. The molecular formula is C12H19N3O4S. The van der Waals surface area contributed by atoms with E-state index in [4.69, 9.17) is 15.6 Å².